The zero-order valence-electron chi connectivity index (χ0n) is 9.91. The summed E-state index contributed by atoms with van der Waals surface area (Å²) in [4.78, 5) is 24.4. The minimum atomic E-state index is -0.776. The molecule has 0 unspecified atom stereocenters. The monoisotopic (exact) mass is 269 g/mol. The first-order chi connectivity index (χ1) is 8.66. The summed E-state index contributed by atoms with van der Waals surface area (Å²) < 4.78 is 7.76. The Hall–Kier alpha value is -1.50. The summed E-state index contributed by atoms with van der Waals surface area (Å²) in [6.07, 6.45) is 4.20. The van der Waals surface area contributed by atoms with E-state index in [-0.39, 0.29) is 18.2 Å². The van der Waals surface area contributed by atoms with E-state index in [1.54, 1.807) is 4.90 Å². The molecule has 0 aliphatic carbocycles. The van der Waals surface area contributed by atoms with E-state index in [1.807, 2.05) is 0 Å². The Morgan fingerprint density at radius 2 is 2.39 bits per heavy atom. The molecule has 7 heteroatoms. The highest BCUT2D eigenvalue weighted by Crippen LogP contribution is 2.22. The van der Waals surface area contributed by atoms with E-state index in [1.165, 1.54) is 6.20 Å². The van der Waals surface area contributed by atoms with Crippen molar-refractivity contribution in [3.8, 4) is 0 Å². The molecule has 1 N–H and O–H groups in total. The van der Waals surface area contributed by atoms with Crippen LogP contribution in [0.4, 0.5) is 0 Å². The molecule has 1 amide bonds. The molecule has 6 nitrogen and oxygen atoms in total. The number of aromatic nitrogens is 2. The lowest BCUT2D eigenvalue weighted by Gasteiger charge is -2.32. The number of carboxylic acids is 1. The average molecular weight is 269 g/mol. The molecule has 1 saturated heterocycles. The Labute approximate surface area is 109 Å². The molecule has 0 spiro atoms. The number of nitrogens with zero attached hydrogens (tertiary/aromatic N) is 3. The highest BCUT2D eigenvalue weighted by molar-refractivity contribution is 6.99. The van der Waals surface area contributed by atoms with E-state index in [4.69, 9.17) is 5.11 Å². The van der Waals surface area contributed by atoms with E-state index in [2.05, 4.69) is 8.75 Å². The number of hydrogen-bond acceptors (Lipinski definition) is 5. The molecular weight excluding hydrogens is 254 g/mol. The smallest absolute Gasteiger partial charge is 0.303 e. The third kappa shape index (κ3) is 3.25. The lowest BCUT2D eigenvalue weighted by Crippen LogP contribution is -2.40. The molecule has 0 radical (unpaired) electrons. The molecule has 1 aliphatic heterocycles. The van der Waals surface area contributed by atoms with E-state index >= 15 is 0 Å². The fraction of sp³-hybridized carbons (Fsp3) is 0.636. The molecule has 0 bridgehead atoms. The fourth-order valence-electron chi connectivity index (χ4n) is 2.23. The number of amides is 1. The largest absolute Gasteiger partial charge is 0.481 e. The van der Waals surface area contributed by atoms with Gasteiger partial charge in [0.15, 0.2) is 5.69 Å². The van der Waals surface area contributed by atoms with Crippen LogP contribution >= 0.6 is 11.7 Å². The van der Waals surface area contributed by atoms with Gasteiger partial charge >= 0.3 is 5.97 Å². The van der Waals surface area contributed by atoms with Crippen molar-refractivity contribution in [3.63, 3.8) is 0 Å². The number of carbonyl (C=O) groups excluding carboxylic acids is 1. The van der Waals surface area contributed by atoms with Crippen LogP contribution in [0.1, 0.15) is 36.2 Å². The summed E-state index contributed by atoms with van der Waals surface area (Å²) in [6, 6.07) is 0. The molecule has 1 aromatic rings. The second-order valence-corrected chi connectivity index (χ2v) is 5.04. The van der Waals surface area contributed by atoms with Crippen molar-refractivity contribution >= 4 is 23.6 Å². The molecule has 2 heterocycles. The van der Waals surface area contributed by atoms with Crippen LogP contribution < -0.4 is 0 Å². The number of hydrogen-bond donors (Lipinski definition) is 1. The first-order valence-corrected chi connectivity index (χ1v) is 6.68. The molecule has 1 atom stereocenters. The van der Waals surface area contributed by atoms with Crippen molar-refractivity contribution in [2.45, 2.75) is 25.7 Å². The van der Waals surface area contributed by atoms with Gasteiger partial charge in [-0.3, -0.25) is 9.59 Å². The van der Waals surface area contributed by atoms with E-state index in [0.717, 1.165) is 31.1 Å². The maximum absolute atomic E-state index is 12.1. The second-order valence-electron chi connectivity index (χ2n) is 4.48. The zero-order chi connectivity index (χ0) is 13.0. The average Bonchev–Trinajstić information content (AvgIpc) is 2.89. The first kappa shape index (κ1) is 12.9. The summed E-state index contributed by atoms with van der Waals surface area (Å²) in [7, 11) is 0. The van der Waals surface area contributed by atoms with Crippen LogP contribution in [0, 0.1) is 5.92 Å². The SMILES string of the molecule is O=C(O)CC[C@H]1CCCN(C(=O)c2cnsn2)C1. The third-order valence-electron chi connectivity index (χ3n) is 3.15. The van der Waals surface area contributed by atoms with E-state index in [9.17, 15) is 9.59 Å². The predicted molar refractivity (Wildman–Crippen MR) is 65.4 cm³/mol. The van der Waals surface area contributed by atoms with Crippen molar-refractivity contribution in [1.29, 1.82) is 0 Å². The summed E-state index contributed by atoms with van der Waals surface area (Å²) in [5, 5.41) is 8.67. The molecule has 0 aromatic carbocycles. The van der Waals surface area contributed by atoms with Gasteiger partial charge < -0.3 is 10.0 Å². The lowest BCUT2D eigenvalue weighted by molar-refractivity contribution is -0.137. The van der Waals surface area contributed by atoms with Crippen LogP contribution in [0.25, 0.3) is 0 Å². The molecule has 2 rings (SSSR count). The van der Waals surface area contributed by atoms with Gasteiger partial charge in [0.05, 0.1) is 17.9 Å². The molecule has 1 aromatic heterocycles. The van der Waals surface area contributed by atoms with Gasteiger partial charge in [0.2, 0.25) is 0 Å². The minimum Gasteiger partial charge on any atom is -0.481 e. The fourth-order valence-corrected chi connectivity index (χ4v) is 2.64. The van der Waals surface area contributed by atoms with E-state index < -0.39 is 5.97 Å². The van der Waals surface area contributed by atoms with Gasteiger partial charge in [-0.25, -0.2) is 0 Å². The summed E-state index contributed by atoms with van der Waals surface area (Å²) in [6.45, 7) is 1.35. The molecule has 1 aliphatic rings. The zero-order valence-corrected chi connectivity index (χ0v) is 10.7. The van der Waals surface area contributed by atoms with Crippen LogP contribution in [0.2, 0.25) is 0 Å². The third-order valence-corrected chi connectivity index (χ3v) is 3.63. The van der Waals surface area contributed by atoms with Crippen LogP contribution in [-0.2, 0) is 4.79 Å². The van der Waals surface area contributed by atoms with Crippen LogP contribution in [0.15, 0.2) is 6.20 Å². The van der Waals surface area contributed by atoms with E-state index in [0.29, 0.717) is 18.7 Å². The summed E-state index contributed by atoms with van der Waals surface area (Å²) >= 11 is 1.02. The Morgan fingerprint density at radius 1 is 1.56 bits per heavy atom. The van der Waals surface area contributed by atoms with Crippen molar-refractivity contribution < 1.29 is 14.7 Å². The number of piperidine rings is 1. The number of likely N-dealkylation sites (tertiary alicyclic amines) is 1. The number of rotatable bonds is 4. The van der Waals surface area contributed by atoms with Crippen molar-refractivity contribution in [3.05, 3.63) is 11.9 Å². The number of carbonyl (C=O) groups is 2. The van der Waals surface area contributed by atoms with Gasteiger partial charge in [-0.1, -0.05) is 0 Å². The van der Waals surface area contributed by atoms with Gasteiger partial charge in [0.25, 0.3) is 5.91 Å². The highest BCUT2D eigenvalue weighted by atomic mass is 32.1. The predicted octanol–water partition coefficient (Wildman–Crippen LogP) is 1.26. The van der Waals surface area contributed by atoms with Crippen molar-refractivity contribution in [2.75, 3.05) is 13.1 Å². The molecular formula is C11H15N3O3S. The highest BCUT2D eigenvalue weighted by Gasteiger charge is 2.25. The summed E-state index contributed by atoms with van der Waals surface area (Å²) in [5.74, 6) is -0.587. The topological polar surface area (TPSA) is 83.4 Å². The lowest BCUT2D eigenvalue weighted by atomic mass is 9.93. The van der Waals surface area contributed by atoms with Crippen LogP contribution in [0.3, 0.4) is 0 Å². The Balaban J connectivity index is 1.90. The maximum Gasteiger partial charge on any atom is 0.303 e. The molecule has 0 saturated carbocycles. The Bertz CT molecular complexity index is 421. The van der Waals surface area contributed by atoms with Gasteiger partial charge in [-0.2, -0.15) is 8.75 Å². The maximum atomic E-state index is 12.1. The summed E-state index contributed by atoms with van der Waals surface area (Å²) in [5.41, 5.74) is 0.388. The first-order valence-electron chi connectivity index (χ1n) is 5.95. The van der Waals surface area contributed by atoms with Crippen LogP contribution in [0.5, 0.6) is 0 Å². The van der Waals surface area contributed by atoms with Crippen molar-refractivity contribution in [1.82, 2.24) is 13.6 Å². The second kappa shape index (κ2) is 5.90. The quantitative estimate of drug-likeness (QED) is 0.889. The Kier molecular flexibility index (Phi) is 4.24. The van der Waals surface area contributed by atoms with Gasteiger partial charge in [-0.15, -0.1) is 0 Å². The minimum absolute atomic E-state index is 0.0937. The van der Waals surface area contributed by atoms with Gasteiger partial charge in [0, 0.05) is 19.5 Å². The standard InChI is InChI=1S/C11H15N3O3S/c15-10(16)4-3-8-2-1-5-14(7-8)11(17)9-6-12-18-13-9/h6,8H,1-5,7H2,(H,15,16)/t8-/m1/s1. The number of carboxylic acid groups (broad SMARTS) is 1. The normalized spacial score (nSPS) is 19.8. The number of aliphatic carboxylic acids is 1. The van der Waals surface area contributed by atoms with Gasteiger partial charge in [-0.05, 0) is 25.2 Å². The molecule has 18 heavy (non-hydrogen) atoms. The van der Waals surface area contributed by atoms with Crippen molar-refractivity contribution in [2.24, 2.45) is 5.92 Å². The molecule has 1 fully saturated rings. The molecule has 98 valence electrons. The Morgan fingerprint density at radius 3 is 3.06 bits per heavy atom. The van der Waals surface area contributed by atoms with Crippen LogP contribution in [-0.4, -0.2) is 43.7 Å². The van der Waals surface area contributed by atoms with Gasteiger partial charge in [0.1, 0.15) is 0 Å².